The van der Waals surface area contributed by atoms with E-state index in [1.165, 1.54) is 12.1 Å². The van der Waals surface area contributed by atoms with Crippen LogP contribution in [-0.4, -0.2) is 19.6 Å². The van der Waals surface area contributed by atoms with E-state index in [1.807, 2.05) is 0 Å². The minimum absolute atomic E-state index is 0.0834. The molecular formula is C7H6Br3NO4S. The van der Waals surface area contributed by atoms with Gasteiger partial charge >= 0.3 is 0 Å². The van der Waals surface area contributed by atoms with Crippen LogP contribution in [0.15, 0.2) is 27.1 Å². The van der Waals surface area contributed by atoms with Gasteiger partial charge in [0.05, 0.1) is 19.7 Å². The minimum Gasteiger partial charge on any atom is -0.258 e. The summed E-state index contributed by atoms with van der Waals surface area (Å²) in [7, 11) is -2.85. The van der Waals surface area contributed by atoms with Gasteiger partial charge in [-0.05, 0) is 37.9 Å². The third kappa shape index (κ3) is 8.20. The molecule has 0 bridgehead atoms. The first-order valence-corrected chi connectivity index (χ1v) is 8.92. The first-order valence-electron chi connectivity index (χ1n) is 3.60. The van der Waals surface area contributed by atoms with E-state index in [1.54, 1.807) is 6.07 Å². The predicted molar refractivity (Wildman–Crippen MR) is 72.3 cm³/mol. The SMILES string of the molecule is CS(=O)(=O)Br.O=[N+]([O-])c1ccc(Br)c(Br)c1. The third-order valence-electron chi connectivity index (χ3n) is 1.11. The highest BCUT2D eigenvalue weighted by Gasteiger charge is 2.06. The van der Waals surface area contributed by atoms with Crippen molar-refractivity contribution in [3.63, 3.8) is 0 Å². The first kappa shape index (κ1) is 16.0. The third-order valence-corrected chi connectivity index (χ3v) is 2.99. The van der Waals surface area contributed by atoms with Crippen molar-refractivity contribution in [3.05, 3.63) is 37.3 Å². The summed E-state index contributed by atoms with van der Waals surface area (Å²) >= 11 is 8.72. The fourth-order valence-electron chi connectivity index (χ4n) is 0.599. The normalized spacial score (nSPS) is 10.2. The summed E-state index contributed by atoms with van der Waals surface area (Å²) in [5.74, 6) is 0. The summed E-state index contributed by atoms with van der Waals surface area (Å²) in [6.45, 7) is 0. The average molecular weight is 440 g/mol. The van der Waals surface area contributed by atoms with Crippen LogP contribution in [0.2, 0.25) is 0 Å². The van der Waals surface area contributed by atoms with Gasteiger partial charge < -0.3 is 0 Å². The number of nitrogens with zero attached hydrogens (tertiary/aromatic N) is 1. The van der Waals surface area contributed by atoms with Crippen LogP contribution in [0.1, 0.15) is 0 Å². The molecule has 9 heteroatoms. The summed E-state index contributed by atoms with van der Waals surface area (Å²) in [6.07, 6.45) is 1.08. The monoisotopic (exact) mass is 437 g/mol. The Kier molecular flexibility index (Phi) is 6.68. The Morgan fingerprint density at radius 2 is 1.69 bits per heavy atom. The Morgan fingerprint density at radius 1 is 1.25 bits per heavy atom. The Labute approximate surface area is 117 Å². The van der Waals surface area contributed by atoms with Crippen LogP contribution in [0, 0.1) is 10.1 Å². The molecule has 0 aliphatic carbocycles. The fourth-order valence-corrected chi connectivity index (χ4v) is 1.21. The summed E-state index contributed by atoms with van der Waals surface area (Å²) in [5, 5.41) is 10.2. The standard InChI is InChI=1S/C6H3Br2NO2.CH3BrO2S/c7-5-2-1-4(9(10)11)3-6(5)8;1-5(2,3)4/h1-3H;1H3. The van der Waals surface area contributed by atoms with Gasteiger partial charge in [-0.25, -0.2) is 8.42 Å². The minimum atomic E-state index is -2.85. The van der Waals surface area contributed by atoms with Crippen LogP contribution < -0.4 is 0 Å². The Hall–Kier alpha value is 0.01000. The molecule has 16 heavy (non-hydrogen) atoms. The summed E-state index contributed by atoms with van der Waals surface area (Å²) in [6, 6.07) is 4.52. The average Bonchev–Trinajstić information content (AvgIpc) is 2.06. The van der Waals surface area contributed by atoms with Crippen LogP contribution in [0.5, 0.6) is 0 Å². The second-order valence-corrected chi connectivity index (χ2v) is 9.14. The number of non-ortho nitro benzene ring substituents is 1. The lowest BCUT2D eigenvalue weighted by Crippen LogP contribution is -1.86. The lowest BCUT2D eigenvalue weighted by atomic mass is 10.3. The topological polar surface area (TPSA) is 77.3 Å². The van der Waals surface area contributed by atoms with E-state index in [4.69, 9.17) is 0 Å². The fraction of sp³-hybridized carbons (Fsp3) is 0.143. The molecule has 1 rings (SSSR count). The maximum absolute atomic E-state index is 10.2. The van der Waals surface area contributed by atoms with E-state index >= 15 is 0 Å². The maximum Gasteiger partial charge on any atom is 0.270 e. The van der Waals surface area contributed by atoms with Crippen molar-refractivity contribution in [3.8, 4) is 0 Å². The Morgan fingerprint density at radius 3 is 2.00 bits per heavy atom. The van der Waals surface area contributed by atoms with E-state index in [9.17, 15) is 18.5 Å². The summed E-state index contributed by atoms with van der Waals surface area (Å²) < 4.78 is 20.6. The summed E-state index contributed by atoms with van der Waals surface area (Å²) in [4.78, 5) is 9.80. The molecule has 0 aliphatic rings. The molecule has 1 aromatic carbocycles. The van der Waals surface area contributed by atoms with E-state index in [0.29, 0.717) is 4.47 Å². The quantitative estimate of drug-likeness (QED) is 0.381. The first-order chi connectivity index (χ1) is 7.11. The van der Waals surface area contributed by atoms with E-state index in [0.717, 1.165) is 10.7 Å². The van der Waals surface area contributed by atoms with E-state index in [2.05, 4.69) is 46.7 Å². The van der Waals surface area contributed by atoms with Crippen LogP contribution >= 0.6 is 46.7 Å². The molecule has 0 atom stereocenters. The van der Waals surface area contributed by atoms with E-state index < -0.39 is 13.2 Å². The van der Waals surface area contributed by atoms with Crippen molar-refractivity contribution in [2.24, 2.45) is 0 Å². The summed E-state index contributed by atoms with van der Waals surface area (Å²) in [5.41, 5.74) is 0.0834. The van der Waals surface area contributed by atoms with Crippen molar-refractivity contribution in [2.75, 3.05) is 6.26 Å². The van der Waals surface area contributed by atoms with Gasteiger partial charge in [0.2, 0.25) is 8.27 Å². The highest BCUT2D eigenvalue weighted by atomic mass is 79.9. The molecular weight excluding hydrogens is 434 g/mol. The molecule has 0 aromatic heterocycles. The Balaban J connectivity index is 0.000000385. The molecule has 0 spiro atoms. The molecule has 0 N–H and O–H groups in total. The number of halogens is 3. The van der Waals surface area contributed by atoms with E-state index in [-0.39, 0.29) is 5.69 Å². The maximum atomic E-state index is 10.2. The number of nitro benzene ring substituents is 1. The zero-order valence-corrected chi connectivity index (χ0v) is 13.4. The molecule has 0 saturated heterocycles. The van der Waals surface area contributed by atoms with Crippen LogP contribution in [-0.2, 0) is 8.27 Å². The van der Waals surface area contributed by atoms with Crippen molar-refractivity contribution >= 4 is 60.6 Å². The lowest BCUT2D eigenvalue weighted by Gasteiger charge is -1.94. The number of hydrogen-bond acceptors (Lipinski definition) is 4. The number of hydrogen-bond donors (Lipinski definition) is 0. The highest BCUT2D eigenvalue weighted by molar-refractivity contribution is 9.47. The number of rotatable bonds is 1. The van der Waals surface area contributed by atoms with Gasteiger partial charge in [0.1, 0.15) is 0 Å². The van der Waals surface area contributed by atoms with Crippen LogP contribution in [0.4, 0.5) is 5.69 Å². The smallest absolute Gasteiger partial charge is 0.258 e. The molecule has 0 heterocycles. The Bertz CT molecular complexity index is 480. The zero-order chi connectivity index (χ0) is 12.9. The second kappa shape index (κ2) is 6.67. The number of nitro groups is 1. The van der Waals surface area contributed by atoms with Gasteiger partial charge in [-0.3, -0.25) is 10.1 Å². The van der Waals surface area contributed by atoms with Gasteiger partial charge in [-0.15, -0.1) is 0 Å². The molecule has 0 radical (unpaired) electrons. The second-order valence-electron chi connectivity index (χ2n) is 2.54. The van der Waals surface area contributed by atoms with Gasteiger partial charge in [-0.2, -0.15) is 0 Å². The van der Waals surface area contributed by atoms with Crippen LogP contribution in [0.3, 0.4) is 0 Å². The van der Waals surface area contributed by atoms with Gasteiger partial charge in [0.15, 0.2) is 0 Å². The van der Waals surface area contributed by atoms with Crippen molar-refractivity contribution in [1.82, 2.24) is 0 Å². The largest absolute Gasteiger partial charge is 0.270 e. The molecule has 90 valence electrons. The highest BCUT2D eigenvalue weighted by Crippen LogP contribution is 2.26. The number of benzene rings is 1. The van der Waals surface area contributed by atoms with Gasteiger partial charge in [-0.1, -0.05) is 0 Å². The molecule has 5 nitrogen and oxygen atoms in total. The molecule has 1 aromatic rings. The lowest BCUT2D eigenvalue weighted by molar-refractivity contribution is -0.384. The van der Waals surface area contributed by atoms with Gasteiger partial charge in [0, 0.05) is 27.3 Å². The van der Waals surface area contributed by atoms with Crippen molar-refractivity contribution in [2.45, 2.75) is 0 Å². The van der Waals surface area contributed by atoms with Gasteiger partial charge in [0.25, 0.3) is 5.69 Å². The zero-order valence-electron chi connectivity index (χ0n) is 7.85. The molecule has 0 saturated carbocycles. The van der Waals surface area contributed by atoms with Crippen molar-refractivity contribution in [1.29, 1.82) is 0 Å². The molecule has 0 fully saturated rings. The van der Waals surface area contributed by atoms with Crippen molar-refractivity contribution < 1.29 is 13.3 Å². The molecule has 0 unspecified atom stereocenters. The molecule has 0 amide bonds. The molecule has 0 aliphatic heterocycles. The predicted octanol–water partition coefficient (Wildman–Crippen LogP) is 3.46. The van der Waals surface area contributed by atoms with Crippen LogP contribution in [0.25, 0.3) is 0 Å².